The Labute approximate surface area is 109 Å². The molecule has 3 nitrogen and oxygen atoms in total. The molecule has 3 heteroatoms. The van der Waals surface area contributed by atoms with Gasteiger partial charge in [-0.2, -0.15) is 5.26 Å². The second-order valence-electron chi connectivity index (χ2n) is 5.69. The molecule has 0 N–H and O–H groups in total. The maximum Gasteiger partial charge on any atom is 0.101 e. The molecule has 0 aliphatic carbocycles. The lowest BCUT2D eigenvalue weighted by Crippen LogP contribution is -2.36. The van der Waals surface area contributed by atoms with Crippen molar-refractivity contribution in [1.29, 1.82) is 5.26 Å². The third kappa shape index (κ3) is 2.65. The van der Waals surface area contributed by atoms with Gasteiger partial charge in [-0.05, 0) is 23.1 Å². The Kier molecular flexibility index (Phi) is 3.58. The topological polar surface area (TPSA) is 36.3 Å². The fourth-order valence-corrected chi connectivity index (χ4v) is 2.17. The van der Waals surface area contributed by atoms with Crippen molar-refractivity contribution < 1.29 is 4.74 Å². The molecule has 18 heavy (non-hydrogen) atoms. The highest BCUT2D eigenvalue weighted by atomic mass is 16.5. The van der Waals surface area contributed by atoms with Crippen LogP contribution in [0.5, 0.6) is 0 Å². The van der Waals surface area contributed by atoms with Gasteiger partial charge in [0.2, 0.25) is 0 Å². The molecule has 96 valence electrons. The molecule has 0 bridgehead atoms. The summed E-state index contributed by atoms with van der Waals surface area (Å²) in [7, 11) is 0. The molecular formula is C15H20N2O. The Morgan fingerprint density at radius 2 is 1.89 bits per heavy atom. The van der Waals surface area contributed by atoms with E-state index >= 15 is 0 Å². The molecule has 0 aromatic heterocycles. The normalized spacial score (nSPS) is 16.4. The Morgan fingerprint density at radius 3 is 2.44 bits per heavy atom. The van der Waals surface area contributed by atoms with E-state index < -0.39 is 0 Å². The van der Waals surface area contributed by atoms with Gasteiger partial charge in [0.15, 0.2) is 0 Å². The molecule has 0 spiro atoms. The standard InChI is InChI=1S/C15H20N2O/c1-15(2,3)13-4-5-14(12(10-13)11-16)17-6-8-18-9-7-17/h4-5,10H,6-9H2,1-3H3. The molecule has 1 saturated heterocycles. The largest absolute Gasteiger partial charge is 0.378 e. The number of morpholine rings is 1. The summed E-state index contributed by atoms with van der Waals surface area (Å²) in [5, 5.41) is 9.33. The maximum atomic E-state index is 9.33. The number of anilines is 1. The van der Waals surface area contributed by atoms with E-state index in [2.05, 4.69) is 43.9 Å². The van der Waals surface area contributed by atoms with Crippen LogP contribution in [0.15, 0.2) is 18.2 Å². The van der Waals surface area contributed by atoms with Crippen LogP contribution >= 0.6 is 0 Å². The average molecular weight is 244 g/mol. The van der Waals surface area contributed by atoms with Gasteiger partial charge in [0.1, 0.15) is 6.07 Å². The molecule has 1 aromatic rings. The first-order chi connectivity index (χ1) is 8.52. The van der Waals surface area contributed by atoms with Crippen LogP contribution in [0.4, 0.5) is 5.69 Å². The number of rotatable bonds is 1. The molecule has 0 saturated carbocycles. The summed E-state index contributed by atoms with van der Waals surface area (Å²) in [5.41, 5.74) is 3.09. The summed E-state index contributed by atoms with van der Waals surface area (Å²) < 4.78 is 5.35. The van der Waals surface area contributed by atoms with Gasteiger partial charge in [0, 0.05) is 13.1 Å². The Bertz CT molecular complexity index is 462. The first-order valence-electron chi connectivity index (χ1n) is 6.40. The van der Waals surface area contributed by atoms with E-state index in [0.29, 0.717) is 0 Å². The third-order valence-corrected chi connectivity index (χ3v) is 3.33. The lowest BCUT2D eigenvalue weighted by Gasteiger charge is -2.30. The van der Waals surface area contributed by atoms with Crippen molar-refractivity contribution in [2.45, 2.75) is 26.2 Å². The first-order valence-corrected chi connectivity index (χ1v) is 6.40. The van der Waals surface area contributed by atoms with Gasteiger partial charge in [-0.25, -0.2) is 0 Å². The third-order valence-electron chi connectivity index (χ3n) is 3.33. The van der Waals surface area contributed by atoms with Crippen molar-refractivity contribution in [1.82, 2.24) is 0 Å². The van der Waals surface area contributed by atoms with Crippen LogP contribution in [0, 0.1) is 11.3 Å². The number of hydrogen-bond donors (Lipinski definition) is 0. The number of benzene rings is 1. The molecular weight excluding hydrogens is 224 g/mol. The van der Waals surface area contributed by atoms with E-state index in [1.54, 1.807) is 0 Å². The molecule has 1 aromatic carbocycles. The Balaban J connectivity index is 2.34. The lowest BCUT2D eigenvalue weighted by atomic mass is 9.86. The Hall–Kier alpha value is -1.53. The molecule has 1 aliphatic heterocycles. The zero-order valence-corrected chi connectivity index (χ0v) is 11.4. The van der Waals surface area contributed by atoms with Gasteiger partial charge in [0.25, 0.3) is 0 Å². The number of nitrogens with zero attached hydrogens (tertiary/aromatic N) is 2. The van der Waals surface area contributed by atoms with Crippen molar-refractivity contribution in [3.8, 4) is 6.07 Å². The fourth-order valence-electron chi connectivity index (χ4n) is 2.17. The van der Waals surface area contributed by atoms with Crippen LogP contribution in [0.3, 0.4) is 0 Å². The van der Waals surface area contributed by atoms with Crippen LogP contribution in [0.2, 0.25) is 0 Å². The summed E-state index contributed by atoms with van der Waals surface area (Å²) in [6, 6.07) is 8.55. The summed E-state index contributed by atoms with van der Waals surface area (Å²) >= 11 is 0. The molecule has 1 fully saturated rings. The van der Waals surface area contributed by atoms with E-state index in [-0.39, 0.29) is 5.41 Å². The van der Waals surface area contributed by atoms with Crippen LogP contribution in [0.25, 0.3) is 0 Å². The molecule has 0 atom stereocenters. The highest BCUT2D eigenvalue weighted by molar-refractivity contribution is 5.61. The molecule has 2 rings (SSSR count). The molecule has 0 unspecified atom stereocenters. The van der Waals surface area contributed by atoms with Crippen molar-refractivity contribution in [3.63, 3.8) is 0 Å². The predicted octanol–water partition coefficient (Wildman–Crippen LogP) is 2.69. The van der Waals surface area contributed by atoms with Gasteiger partial charge in [0.05, 0.1) is 24.5 Å². The summed E-state index contributed by atoms with van der Waals surface area (Å²) in [4.78, 5) is 2.23. The monoisotopic (exact) mass is 244 g/mol. The minimum atomic E-state index is 0.0785. The second kappa shape index (κ2) is 4.99. The van der Waals surface area contributed by atoms with E-state index in [4.69, 9.17) is 4.74 Å². The zero-order valence-electron chi connectivity index (χ0n) is 11.4. The minimum absolute atomic E-state index is 0.0785. The van der Waals surface area contributed by atoms with Crippen LogP contribution in [0.1, 0.15) is 31.9 Å². The number of ether oxygens (including phenoxy) is 1. The van der Waals surface area contributed by atoms with Crippen molar-refractivity contribution in [3.05, 3.63) is 29.3 Å². The summed E-state index contributed by atoms with van der Waals surface area (Å²) in [6.07, 6.45) is 0. The van der Waals surface area contributed by atoms with Gasteiger partial charge >= 0.3 is 0 Å². The van der Waals surface area contributed by atoms with E-state index in [9.17, 15) is 5.26 Å². The minimum Gasteiger partial charge on any atom is -0.378 e. The van der Waals surface area contributed by atoms with E-state index in [1.807, 2.05) is 6.07 Å². The molecule has 1 aliphatic rings. The zero-order chi connectivity index (χ0) is 13.2. The van der Waals surface area contributed by atoms with Gasteiger partial charge in [-0.15, -0.1) is 0 Å². The highest BCUT2D eigenvalue weighted by Crippen LogP contribution is 2.28. The van der Waals surface area contributed by atoms with Gasteiger partial charge in [-0.1, -0.05) is 26.8 Å². The predicted molar refractivity (Wildman–Crippen MR) is 72.9 cm³/mol. The number of nitriles is 1. The smallest absolute Gasteiger partial charge is 0.101 e. The molecule has 1 heterocycles. The van der Waals surface area contributed by atoms with Gasteiger partial charge < -0.3 is 9.64 Å². The van der Waals surface area contributed by atoms with Crippen molar-refractivity contribution >= 4 is 5.69 Å². The number of hydrogen-bond acceptors (Lipinski definition) is 3. The lowest BCUT2D eigenvalue weighted by molar-refractivity contribution is 0.122. The summed E-state index contributed by atoms with van der Waals surface area (Å²) in [5.74, 6) is 0. The van der Waals surface area contributed by atoms with E-state index in [0.717, 1.165) is 37.6 Å². The first kappa shape index (κ1) is 12.9. The quantitative estimate of drug-likeness (QED) is 0.762. The molecule has 0 radical (unpaired) electrons. The summed E-state index contributed by atoms with van der Waals surface area (Å²) in [6.45, 7) is 9.71. The van der Waals surface area contributed by atoms with Crippen molar-refractivity contribution in [2.75, 3.05) is 31.2 Å². The molecule has 0 amide bonds. The average Bonchev–Trinajstić information content (AvgIpc) is 2.38. The fraction of sp³-hybridized carbons (Fsp3) is 0.533. The van der Waals surface area contributed by atoms with Crippen LogP contribution in [-0.4, -0.2) is 26.3 Å². The van der Waals surface area contributed by atoms with Crippen LogP contribution in [-0.2, 0) is 10.2 Å². The maximum absolute atomic E-state index is 9.33. The Morgan fingerprint density at radius 1 is 1.22 bits per heavy atom. The van der Waals surface area contributed by atoms with Gasteiger partial charge in [-0.3, -0.25) is 0 Å². The second-order valence-corrected chi connectivity index (χ2v) is 5.69. The van der Waals surface area contributed by atoms with E-state index in [1.165, 1.54) is 5.56 Å². The highest BCUT2D eigenvalue weighted by Gasteiger charge is 2.19. The SMILES string of the molecule is CC(C)(C)c1ccc(N2CCOCC2)c(C#N)c1. The van der Waals surface area contributed by atoms with Crippen molar-refractivity contribution in [2.24, 2.45) is 0 Å². The van der Waals surface area contributed by atoms with Crippen LogP contribution < -0.4 is 4.90 Å².